The fraction of sp³-hybridized carbons (Fsp3) is 0.440. The number of halogens is 1. The Bertz CT molecular complexity index is 992. The Balaban J connectivity index is 1.65. The van der Waals surface area contributed by atoms with Gasteiger partial charge in [0.25, 0.3) is 5.91 Å². The third-order valence-electron chi connectivity index (χ3n) is 6.92. The van der Waals surface area contributed by atoms with E-state index >= 15 is 0 Å². The van der Waals surface area contributed by atoms with Gasteiger partial charge < -0.3 is 15.0 Å². The van der Waals surface area contributed by atoms with E-state index in [0.29, 0.717) is 29.7 Å². The van der Waals surface area contributed by atoms with Crippen LogP contribution in [0, 0.1) is 11.8 Å². The Morgan fingerprint density at radius 1 is 1.19 bits per heavy atom. The number of carbonyl (C=O) groups excluding carboxylic acids is 2. The van der Waals surface area contributed by atoms with Crippen LogP contribution < -0.4 is 10.1 Å². The number of fused-ring (bicyclic) bond motifs is 1. The number of methoxy groups -OCH3 is 1. The molecule has 0 saturated heterocycles. The standard InChI is InChI=1S/C25H29BrN2O3/c1-15-7-6-10-21(16(15)2)27-24(29)23-19-8-4-5-9-20(19)25(30)28(23)14-17-13-18(26)11-12-22(17)31-3/h4-5,8-9,11-13,15-16,21,23H,6-7,10,14H2,1-3H3,(H,27,29)/t15-,16-,21-,23-/m1/s1. The molecule has 5 nitrogen and oxygen atoms in total. The second kappa shape index (κ2) is 9.03. The van der Waals surface area contributed by atoms with E-state index in [-0.39, 0.29) is 17.9 Å². The summed E-state index contributed by atoms with van der Waals surface area (Å²) in [5.41, 5.74) is 2.23. The topological polar surface area (TPSA) is 58.6 Å². The quantitative estimate of drug-likeness (QED) is 0.642. The van der Waals surface area contributed by atoms with Crippen molar-refractivity contribution in [3.8, 4) is 5.75 Å². The summed E-state index contributed by atoms with van der Waals surface area (Å²) < 4.78 is 6.41. The first-order valence-corrected chi connectivity index (χ1v) is 11.7. The van der Waals surface area contributed by atoms with Gasteiger partial charge in [0.05, 0.1) is 13.7 Å². The van der Waals surface area contributed by atoms with E-state index in [4.69, 9.17) is 4.74 Å². The maximum absolute atomic E-state index is 13.6. The number of hydrogen-bond donors (Lipinski definition) is 1. The zero-order chi connectivity index (χ0) is 22.1. The molecule has 1 saturated carbocycles. The van der Waals surface area contributed by atoms with Crippen molar-refractivity contribution >= 4 is 27.7 Å². The van der Waals surface area contributed by atoms with Crippen LogP contribution in [0.5, 0.6) is 5.75 Å². The molecule has 0 spiro atoms. The lowest BCUT2D eigenvalue weighted by atomic mass is 9.78. The molecule has 4 rings (SSSR count). The minimum absolute atomic E-state index is 0.0989. The number of carbonyl (C=O) groups is 2. The molecule has 4 atom stereocenters. The predicted molar refractivity (Wildman–Crippen MR) is 124 cm³/mol. The minimum atomic E-state index is -0.642. The smallest absolute Gasteiger partial charge is 0.255 e. The number of hydrogen-bond acceptors (Lipinski definition) is 3. The molecule has 31 heavy (non-hydrogen) atoms. The van der Waals surface area contributed by atoms with Crippen molar-refractivity contribution in [3.05, 3.63) is 63.6 Å². The molecule has 1 aliphatic heterocycles. The van der Waals surface area contributed by atoms with Gasteiger partial charge in [-0.05, 0) is 48.1 Å². The highest BCUT2D eigenvalue weighted by Gasteiger charge is 2.42. The van der Waals surface area contributed by atoms with E-state index in [9.17, 15) is 9.59 Å². The van der Waals surface area contributed by atoms with Crippen LogP contribution >= 0.6 is 15.9 Å². The molecular formula is C25H29BrN2O3. The van der Waals surface area contributed by atoms with Crippen LogP contribution in [0.3, 0.4) is 0 Å². The van der Waals surface area contributed by atoms with Crippen molar-refractivity contribution < 1.29 is 14.3 Å². The Kier molecular flexibility index (Phi) is 6.37. The third kappa shape index (κ3) is 4.22. The van der Waals surface area contributed by atoms with Gasteiger partial charge in [-0.15, -0.1) is 0 Å². The summed E-state index contributed by atoms with van der Waals surface area (Å²) in [4.78, 5) is 28.5. The van der Waals surface area contributed by atoms with Crippen LogP contribution in [0.25, 0.3) is 0 Å². The third-order valence-corrected chi connectivity index (χ3v) is 7.42. The van der Waals surface area contributed by atoms with E-state index in [1.54, 1.807) is 18.1 Å². The number of rotatable bonds is 5. The van der Waals surface area contributed by atoms with Crippen molar-refractivity contribution in [1.82, 2.24) is 10.2 Å². The molecule has 2 amide bonds. The lowest BCUT2D eigenvalue weighted by molar-refractivity contribution is -0.127. The normalized spacial score (nSPS) is 25.3. The van der Waals surface area contributed by atoms with Gasteiger partial charge in [-0.2, -0.15) is 0 Å². The fourth-order valence-corrected chi connectivity index (χ4v) is 5.33. The van der Waals surface area contributed by atoms with Crippen LogP contribution in [-0.2, 0) is 11.3 Å². The fourth-order valence-electron chi connectivity index (χ4n) is 4.92. The van der Waals surface area contributed by atoms with Gasteiger partial charge in [0.2, 0.25) is 5.91 Å². The van der Waals surface area contributed by atoms with Gasteiger partial charge in [0, 0.05) is 21.6 Å². The molecule has 164 valence electrons. The molecule has 1 fully saturated rings. The highest BCUT2D eigenvalue weighted by Crippen LogP contribution is 2.38. The maximum atomic E-state index is 13.6. The van der Waals surface area contributed by atoms with Crippen molar-refractivity contribution in [3.63, 3.8) is 0 Å². The van der Waals surface area contributed by atoms with E-state index < -0.39 is 6.04 Å². The van der Waals surface area contributed by atoms with Crippen LogP contribution in [0.4, 0.5) is 0 Å². The molecule has 2 aliphatic rings. The van der Waals surface area contributed by atoms with Crippen molar-refractivity contribution in [2.24, 2.45) is 11.8 Å². The summed E-state index contributed by atoms with van der Waals surface area (Å²) in [6.07, 6.45) is 3.31. The van der Waals surface area contributed by atoms with Crippen molar-refractivity contribution in [2.75, 3.05) is 7.11 Å². The van der Waals surface area contributed by atoms with E-state index in [0.717, 1.165) is 28.4 Å². The first kappa shape index (κ1) is 21.9. The molecule has 0 radical (unpaired) electrons. The lowest BCUT2D eigenvalue weighted by Gasteiger charge is -2.36. The summed E-state index contributed by atoms with van der Waals surface area (Å²) in [7, 11) is 1.61. The summed E-state index contributed by atoms with van der Waals surface area (Å²) in [5, 5.41) is 3.28. The summed E-state index contributed by atoms with van der Waals surface area (Å²) in [5.74, 6) is 1.48. The number of nitrogens with one attached hydrogen (secondary N) is 1. The summed E-state index contributed by atoms with van der Waals surface area (Å²) in [6, 6.07) is 12.6. The Morgan fingerprint density at radius 2 is 1.97 bits per heavy atom. The first-order chi connectivity index (χ1) is 14.9. The number of amides is 2. The molecule has 0 bridgehead atoms. The van der Waals surface area contributed by atoms with Crippen molar-refractivity contribution in [1.29, 1.82) is 0 Å². The molecule has 0 unspecified atom stereocenters. The van der Waals surface area contributed by atoms with E-state index in [1.165, 1.54) is 6.42 Å². The molecule has 2 aromatic carbocycles. The number of ether oxygens (including phenoxy) is 1. The summed E-state index contributed by atoms with van der Waals surface area (Å²) >= 11 is 3.50. The molecular weight excluding hydrogens is 456 g/mol. The number of nitrogens with zero attached hydrogens (tertiary/aromatic N) is 1. The molecule has 1 N–H and O–H groups in total. The van der Waals surface area contributed by atoms with Crippen LogP contribution in [0.15, 0.2) is 46.9 Å². The van der Waals surface area contributed by atoms with Gasteiger partial charge in [-0.1, -0.05) is 60.8 Å². The predicted octanol–water partition coefficient (Wildman–Crippen LogP) is 5.10. The Labute approximate surface area is 192 Å². The Hall–Kier alpha value is -2.34. The zero-order valence-corrected chi connectivity index (χ0v) is 19.8. The van der Waals surface area contributed by atoms with E-state index in [1.807, 2.05) is 36.4 Å². The maximum Gasteiger partial charge on any atom is 0.255 e. The molecule has 1 heterocycles. The first-order valence-electron chi connectivity index (χ1n) is 10.9. The largest absolute Gasteiger partial charge is 0.496 e. The SMILES string of the molecule is COc1ccc(Br)cc1CN1C(=O)c2ccccc2[C@@H]1C(=O)N[C@@H]1CCC[C@@H](C)[C@H]1C. The molecule has 6 heteroatoms. The van der Waals surface area contributed by atoms with Gasteiger partial charge in [-0.25, -0.2) is 0 Å². The highest BCUT2D eigenvalue weighted by molar-refractivity contribution is 9.10. The van der Waals surface area contributed by atoms with Crippen LogP contribution in [-0.4, -0.2) is 29.9 Å². The van der Waals surface area contributed by atoms with Gasteiger partial charge in [0.1, 0.15) is 11.8 Å². The Morgan fingerprint density at radius 3 is 2.74 bits per heavy atom. The minimum Gasteiger partial charge on any atom is -0.496 e. The second-order valence-electron chi connectivity index (χ2n) is 8.76. The van der Waals surface area contributed by atoms with Crippen LogP contribution in [0.1, 0.15) is 60.6 Å². The zero-order valence-electron chi connectivity index (χ0n) is 18.2. The van der Waals surface area contributed by atoms with E-state index in [2.05, 4.69) is 35.1 Å². The van der Waals surface area contributed by atoms with Gasteiger partial charge in [-0.3, -0.25) is 9.59 Å². The van der Waals surface area contributed by atoms with Crippen LogP contribution in [0.2, 0.25) is 0 Å². The monoisotopic (exact) mass is 484 g/mol. The molecule has 1 aliphatic carbocycles. The number of benzene rings is 2. The van der Waals surface area contributed by atoms with Crippen molar-refractivity contribution in [2.45, 2.75) is 51.7 Å². The average molecular weight is 485 g/mol. The summed E-state index contributed by atoms with van der Waals surface area (Å²) in [6.45, 7) is 4.76. The van der Waals surface area contributed by atoms with Gasteiger partial charge >= 0.3 is 0 Å². The average Bonchev–Trinajstić information content (AvgIpc) is 3.03. The highest BCUT2D eigenvalue weighted by atomic mass is 79.9. The van der Waals surface area contributed by atoms with Gasteiger partial charge in [0.15, 0.2) is 0 Å². The lowest BCUT2D eigenvalue weighted by Crippen LogP contribution is -2.48. The molecule has 0 aromatic heterocycles. The molecule has 2 aromatic rings. The second-order valence-corrected chi connectivity index (χ2v) is 9.68.